The minimum absolute atomic E-state index is 0.741. The summed E-state index contributed by atoms with van der Waals surface area (Å²) >= 11 is 6.95. The fourth-order valence-corrected chi connectivity index (χ4v) is 1.40. The summed E-state index contributed by atoms with van der Waals surface area (Å²) in [7, 11) is 0. The van der Waals surface area contributed by atoms with Crippen LogP contribution in [0.2, 0.25) is 0 Å². The van der Waals surface area contributed by atoms with Crippen LogP contribution in [-0.2, 0) is 0 Å². The molecule has 0 spiro atoms. The second kappa shape index (κ2) is 7.04. The number of halogens is 3. The molecular formula is C11H11I3N2. The van der Waals surface area contributed by atoms with Crippen molar-refractivity contribution in [1.29, 1.82) is 0 Å². The summed E-state index contributed by atoms with van der Waals surface area (Å²) in [6.45, 7) is 0. The average molecular weight is 552 g/mol. The van der Waals surface area contributed by atoms with Crippen LogP contribution in [0.3, 0.4) is 0 Å². The molecule has 2 rings (SSSR count). The van der Waals surface area contributed by atoms with E-state index in [-0.39, 0.29) is 0 Å². The number of nitrogens with two attached hydrogens (primary N) is 2. The standard InChI is InChI=1S/C10H10N2.CHI3/c11-8-5-1-3-7-4-2-6-9(12)10(7)8;2-1(3)4/h1-6H,11-12H2;1H. The van der Waals surface area contributed by atoms with Gasteiger partial charge in [-0.2, -0.15) is 0 Å². The minimum Gasteiger partial charge on any atom is -0.398 e. The highest BCUT2D eigenvalue weighted by Gasteiger charge is 1.99. The first-order valence-electron chi connectivity index (χ1n) is 4.47. The van der Waals surface area contributed by atoms with Crippen LogP contribution in [0, 0.1) is 0 Å². The monoisotopic (exact) mass is 552 g/mol. The molecule has 4 N–H and O–H groups in total. The summed E-state index contributed by atoms with van der Waals surface area (Å²) in [6.07, 6.45) is 0. The Morgan fingerprint density at radius 2 is 1.19 bits per heavy atom. The molecule has 5 heteroatoms. The Hall–Kier alpha value is 0.490. The first-order chi connectivity index (χ1) is 7.52. The minimum atomic E-state index is 0.741. The van der Waals surface area contributed by atoms with Gasteiger partial charge in [0.1, 0.15) is -0.0619 Å². The van der Waals surface area contributed by atoms with E-state index in [4.69, 9.17) is 11.5 Å². The number of fused-ring (bicyclic) bond motifs is 1. The van der Waals surface area contributed by atoms with Crippen molar-refractivity contribution in [2.75, 3.05) is 11.5 Å². The number of nitrogen functional groups attached to an aromatic ring is 2. The van der Waals surface area contributed by atoms with Crippen LogP contribution in [0.15, 0.2) is 36.4 Å². The molecule has 2 aromatic rings. The largest absolute Gasteiger partial charge is 0.398 e. The van der Waals surface area contributed by atoms with Crippen molar-refractivity contribution in [3.05, 3.63) is 36.4 Å². The summed E-state index contributed by atoms with van der Waals surface area (Å²) in [4.78, 5) is 0. The van der Waals surface area contributed by atoms with E-state index in [1.807, 2.05) is 36.4 Å². The third kappa shape index (κ3) is 4.40. The topological polar surface area (TPSA) is 52.0 Å². The number of hydrogen-bond donors (Lipinski definition) is 2. The van der Waals surface area contributed by atoms with Crippen LogP contribution in [0.25, 0.3) is 10.8 Å². The lowest BCUT2D eigenvalue weighted by molar-refractivity contribution is 1.71. The number of hydrogen-bond acceptors (Lipinski definition) is 2. The van der Waals surface area contributed by atoms with E-state index < -0.39 is 0 Å². The summed E-state index contributed by atoms with van der Waals surface area (Å²) in [5.74, 6) is 0. The molecule has 2 aromatic carbocycles. The van der Waals surface area contributed by atoms with Gasteiger partial charge in [0, 0.05) is 16.8 Å². The maximum absolute atomic E-state index is 5.78. The lowest BCUT2D eigenvalue weighted by Crippen LogP contribution is -1.91. The molecular weight excluding hydrogens is 541 g/mol. The van der Waals surface area contributed by atoms with Crippen LogP contribution < -0.4 is 11.5 Å². The first-order valence-corrected chi connectivity index (χ1v) is 8.21. The van der Waals surface area contributed by atoms with Gasteiger partial charge in [-0.25, -0.2) is 0 Å². The molecule has 0 aliphatic heterocycles. The van der Waals surface area contributed by atoms with E-state index in [9.17, 15) is 0 Å². The van der Waals surface area contributed by atoms with Gasteiger partial charge in [-0.1, -0.05) is 92.0 Å². The van der Waals surface area contributed by atoms with Crippen molar-refractivity contribution < 1.29 is 0 Å². The molecule has 0 aliphatic rings. The Morgan fingerprint density at radius 3 is 1.50 bits per heavy atom. The number of rotatable bonds is 0. The van der Waals surface area contributed by atoms with Crippen LogP contribution >= 0.6 is 67.8 Å². The molecule has 86 valence electrons. The van der Waals surface area contributed by atoms with Crippen LogP contribution in [0.1, 0.15) is 0 Å². The van der Waals surface area contributed by atoms with Crippen molar-refractivity contribution in [1.82, 2.24) is 0 Å². The van der Waals surface area contributed by atoms with Crippen LogP contribution in [-0.4, -0.2) is -0.0619 Å². The fourth-order valence-electron chi connectivity index (χ4n) is 1.40. The Labute approximate surface area is 136 Å². The predicted octanol–water partition coefficient (Wildman–Crippen LogP) is 4.58. The molecule has 2 nitrogen and oxygen atoms in total. The number of anilines is 2. The van der Waals surface area contributed by atoms with Crippen molar-refractivity contribution >= 4 is 89.9 Å². The maximum Gasteiger partial charge on any atom is 0.114 e. The molecule has 0 heterocycles. The van der Waals surface area contributed by atoms with E-state index in [0.717, 1.165) is 22.1 Å². The predicted molar refractivity (Wildman–Crippen MR) is 98.6 cm³/mol. The SMILES string of the molecule is IC(I)I.Nc1cccc2cccc(N)c12. The van der Waals surface area contributed by atoms with Gasteiger partial charge >= 0.3 is 0 Å². The molecule has 0 aromatic heterocycles. The van der Waals surface area contributed by atoms with Crippen molar-refractivity contribution in [3.63, 3.8) is 0 Å². The quantitative estimate of drug-likeness (QED) is 0.286. The Kier molecular flexibility index (Phi) is 6.40. The first kappa shape index (κ1) is 14.6. The third-order valence-electron chi connectivity index (χ3n) is 1.97. The average Bonchev–Trinajstić information content (AvgIpc) is 2.17. The molecule has 16 heavy (non-hydrogen) atoms. The molecule has 0 bridgehead atoms. The maximum atomic E-state index is 5.78. The van der Waals surface area contributed by atoms with Gasteiger partial charge in [0.25, 0.3) is 0 Å². The number of alkyl halides is 3. The lowest BCUT2D eigenvalue weighted by Gasteiger charge is -2.03. The van der Waals surface area contributed by atoms with Gasteiger partial charge in [0.2, 0.25) is 0 Å². The van der Waals surface area contributed by atoms with Gasteiger partial charge in [0.05, 0.1) is 0 Å². The van der Waals surface area contributed by atoms with Crippen LogP contribution in [0.4, 0.5) is 11.4 Å². The lowest BCUT2D eigenvalue weighted by atomic mass is 10.1. The highest BCUT2D eigenvalue weighted by atomic mass is 127. The Bertz CT molecular complexity index is 432. The highest BCUT2D eigenvalue weighted by Crippen LogP contribution is 2.25. The number of benzene rings is 2. The zero-order valence-electron chi connectivity index (χ0n) is 8.33. The zero-order chi connectivity index (χ0) is 12.1. The Balaban J connectivity index is 0.000000280. The molecule has 0 atom stereocenters. The van der Waals surface area contributed by atoms with Gasteiger partial charge in [-0.15, -0.1) is 0 Å². The molecule has 0 saturated carbocycles. The molecule has 0 radical (unpaired) electrons. The molecule has 0 aliphatic carbocycles. The highest BCUT2D eigenvalue weighted by molar-refractivity contribution is 14.3. The van der Waals surface area contributed by atoms with Crippen molar-refractivity contribution in [2.45, 2.75) is -0.0619 Å². The van der Waals surface area contributed by atoms with Crippen LogP contribution in [0.5, 0.6) is 0 Å². The molecule has 0 fully saturated rings. The van der Waals surface area contributed by atoms with E-state index in [1.54, 1.807) is 0 Å². The molecule has 0 saturated heterocycles. The second-order valence-electron chi connectivity index (χ2n) is 3.04. The van der Waals surface area contributed by atoms with Crippen molar-refractivity contribution in [2.24, 2.45) is 0 Å². The van der Waals surface area contributed by atoms with Gasteiger partial charge < -0.3 is 11.5 Å². The summed E-state index contributed by atoms with van der Waals surface area (Å²) in [5, 5.41) is 2.05. The third-order valence-corrected chi connectivity index (χ3v) is 1.97. The fraction of sp³-hybridized carbons (Fsp3) is 0.0909. The van der Waals surface area contributed by atoms with E-state index >= 15 is 0 Å². The van der Waals surface area contributed by atoms with E-state index in [2.05, 4.69) is 67.8 Å². The van der Waals surface area contributed by atoms with Crippen molar-refractivity contribution in [3.8, 4) is 0 Å². The normalized spacial score (nSPS) is 10.0. The second-order valence-corrected chi connectivity index (χ2v) is 13.9. The van der Waals surface area contributed by atoms with Gasteiger partial charge in [-0.3, -0.25) is 0 Å². The van der Waals surface area contributed by atoms with Gasteiger partial charge in [-0.05, 0) is 17.5 Å². The smallest absolute Gasteiger partial charge is 0.114 e. The zero-order valence-corrected chi connectivity index (χ0v) is 14.8. The molecule has 0 amide bonds. The van der Waals surface area contributed by atoms with E-state index in [1.165, 1.54) is 0 Å². The summed E-state index contributed by atoms with van der Waals surface area (Å²) in [5.41, 5.74) is 13.0. The summed E-state index contributed by atoms with van der Waals surface area (Å²) in [6, 6.07) is 11.6. The van der Waals surface area contributed by atoms with Gasteiger partial charge in [0.15, 0.2) is 0 Å². The summed E-state index contributed by atoms with van der Waals surface area (Å²) < 4.78 is 0.743. The van der Waals surface area contributed by atoms with E-state index in [0.29, 0.717) is 0 Å². The Morgan fingerprint density at radius 1 is 0.812 bits per heavy atom. The molecule has 0 unspecified atom stereocenters.